The normalized spacial score (nSPS) is 10.6. The van der Waals surface area contributed by atoms with Crippen molar-refractivity contribution in [1.82, 2.24) is 5.32 Å². The first-order valence-corrected chi connectivity index (χ1v) is 8.10. The maximum atomic E-state index is 11.9. The standard InChI is InChI=1S/C20H25NO2/c1-15(2)18-10-9-16(3)19(13-18)23-14-20(22)21-12-11-17-7-5-4-6-8-17/h4-10,13,15H,11-12,14H2,1-3H3,(H,21,22). The Bertz CT molecular complexity index is 635. The summed E-state index contributed by atoms with van der Waals surface area (Å²) in [4.78, 5) is 11.9. The van der Waals surface area contributed by atoms with Gasteiger partial charge in [0, 0.05) is 6.54 Å². The Balaban J connectivity index is 1.79. The summed E-state index contributed by atoms with van der Waals surface area (Å²) in [6, 6.07) is 16.3. The van der Waals surface area contributed by atoms with Crippen LogP contribution in [0.15, 0.2) is 48.5 Å². The van der Waals surface area contributed by atoms with E-state index in [1.807, 2.05) is 37.3 Å². The molecule has 0 aliphatic carbocycles. The highest BCUT2D eigenvalue weighted by Gasteiger charge is 2.07. The summed E-state index contributed by atoms with van der Waals surface area (Å²) >= 11 is 0. The smallest absolute Gasteiger partial charge is 0.257 e. The van der Waals surface area contributed by atoms with Crippen LogP contribution in [0, 0.1) is 6.92 Å². The number of benzene rings is 2. The Kier molecular flexibility index (Phi) is 6.21. The molecule has 0 aliphatic rings. The van der Waals surface area contributed by atoms with Crippen LogP contribution in [0.25, 0.3) is 0 Å². The van der Waals surface area contributed by atoms with Gasteiger partial charge in [-0.25, -0.2) is 0 Å². The lowest BCUT2D eigenvalue weighted by molar-refractivity contribution is -0.123. The molecular weight excluding hydrogens is 286 g/mol. The van der Waals surface area contributed by atoms with Gasteiger partial charge in [-0.05, 0) is 42.0 Å². The molecular formula is C20H25NO2. The van der Waals surface area contributed by atoms with E-state index < -0.39 is 0 Å². The van der Waals surface area contributed by atoms with E-state index in [1.54, 1.807) is 0 Å². The van der Waals surface area contributed by atoms with Crippen molar-refractivity contribution >= 4 is 5.91 Å². The van der Waals surface area contributed by atoms with Gasteiger partial charge >= 0.3 is 0 Å². The van der Waals surface area contributed by atoms with Crippen LogP contribution in [0.4, 0.5) is 0 Å². The minimum atomic E-state index is -0.0877. The number of rotatable bonds is 7. The largest absolute Gasteiger partial charge is 0.483 e. The van der Waals surface area contributed by atoms with Crippen molar-refractivity contribution in [3.05, 3.63) is 65.2 Å². The first-order chi connectivity index (χ1) is 11.1. The number of nitrogens with one attached hydrogen (secondary N) is 1. The highest BCUT2D eigenvalue weighted by molar-refractivity contribution is 5.77. The lowest BCUT2D eigenvalue weighted by atomic mass is 10.0. The molecule has 0 atom stereocenters. The Hall–Kier alpha value is -2.29. The van der Waals surface area contributed by atoms with Crippen molar-refractivity contribution in [2.45, 2.75) is 33.1 Å². The molecule has 2 rings (SSSR count). The fraction of sp³-hybridized carbons (Fsp3) is 0.350. The molecule has 1 amide bonds. The Morgan fingerprint density at radius 3 is 2.57 bits per heavy atom. The molecule has 0 radical (unpaired) electrons. The van der Waals surface area contributed by atoms with Crippen molar-refractivity contribution in [3.8, 4) is 5.75 Å². The molecule has 122 valence electrons. The van der Waals surface area contributed by atoms with E-state index in [4.69, 9.17) is 4.74 Å². The molecule has 0 fully saturated rings. The fourth-order valence-electron chi connectivity index (χ4n) is 2.32. The lowest BCUT2D eigenvalue weighted by Crippen LogP contribution is -2.30. The maximum absolute atomic E-state index is 11.9. The number of hydrogen-bond acceptors (Lipinski definition) is 2. The van der Waals surface area contributed by atoms with E-state index in [1.165, 1.54) is 11.1 Å². The van der Waals surface area contributed by atoms with Crippen molar-refractivity contribution in [3.63, 3.8) is 0 Å². The number of amides is 1. The summed E-state index contributed by atoms with van der Waals surface area (Å²) in [6.45, 7) is 6.95. The van der Waals surface area contributed by atoms with Crippen LogP contribution in [0.2, 0.25) is 0 Å². The minimum absolute atomic E-state index is 0.0528. The van der Waals surface area contributed by atoms with Gasteiger partial charge < -0.3 is 10.1 Å². The minimum Gasteiger partial charge on any atom is -0.483 e. The second-order valence-electron chi connectivity index (χ2n) is 6.05. The summed E-state index contributed by atoms with van der Waals surface area (Å²) < 4.78 is 5.68. The third-order valence-corrected chi connectivity index (χ3v) is 3.82. The lowest BCUT2D eigenvalue weighted by Gasteiger charge is -2.13. The summed E-state index contributed by atoms with van der Waals surface area (Å²) in [7, 11) is 0. The SMILES string of the molecule is Cc1ccc(C(C)C)cc1OCC(=O)NCCc1ccccc1. The molecule has 0 aromatic heterocycles. The van der Waals surface area contributed by atoms with Crippen molar-refractivity contribution < 1.29 is 9.53 Å². The number of aryl methyl sites for hydroxylation is 1. The van der Waals surface area contributed by atoms with Gasteiger partial charge in [-0.3, -0.25) is 4.79 Å². The monoisotopic (exact) mass is 311 g/mol. The predicted molar refractivity (Wildman–Crippen MR) is 93.9 cm³/mol. The maximum Gasteiger partial charge on any atom is 0.257 e. The summed E-state index contributed by atoms with van der Waals surface area (Å²) in [5.41, 5.74) is 3.48. The van der Waals surface area contributed by atoms with Crippen LogP contribution in [0.1, 0.15) is 36.5 Å². The highest BCUT2D eigenvalue weighted by atomic mass is 16.5. The van der Waals surface area contributed by atoms with Gasteiger partial charge in [-0.15, -0.1) is 0 Å². The molecule has 0 saturated heterocycles. The van der Waals surface area contributed by atoms with Gasteiger partial charge in [0.15, 0.2) is 6.61 Å². The molecule has 2 aromatic rings. The zero-order valence-corrected chi connectivity index (χ0v) is 14.1. The fourth-order valence-corrected chi connectivity index (χ4v) is 2.32. The number of carbonyl (C=O) groups is 1. The molecule has 0 bridgehead atoms. The molecule has 2 aromatic carbocycles. The van der Waals surface area contributed by atoms with Gasteiger partial charge in [-0.2, -0.15) is 0 Å². The van der Waals surface area contributed by atoms with Crippen molar-refractivity contribution in [2.75, 3.05) is 13.2 Å². The molecule has 3 heteroatoms. The van der Waals surface area contributed by atoms with Crippen LogP contribution in [0.3, 0.4) is 0 Å². The molecule has 0 aliphatic heterocycles. The van der Waals surface area contributed by atoms with Gasteiger partial charge in [0.1, 0.15) is 5.75 Å². The zero-order valence-electron chi connectivity index (χ0n) is 14.1. The van der Waals surface area contributed by atoms with Crippen LogP contribution in [-0.4, -0.2) is 19.1 Å². The van der Waals surface area contributed by atoms with E-state index in [0.717, 1.165) is 17.7 Å². The molecule has 3 nitrogen and oxygen atoms in total. The molecule has 1 N–H and O–H groups in total. The van der Waals surface area contributed by atoms with Crippen molar-refractivity contribution in [1.29, 1.82) is 0 Å². The van der Waals surface area contributed by atoms with Crippen molar-refractivity contribution in [2.24, 2.45) is 0 Å². The third-order valence-electron chi connectivity index (χ3n) is 3.82. The van der Waals surface area contributed by atoms with Crippen LogP contribution in [0.5, 0.6) is 5.75 Å². The number of carbonyl (C=O) groups excluding carboxylic acids is 1. The van der Waals surface area contributed by atoms with Crippen LogP contribution < -0.4 is 10.1 Å². The molecule has 0 unspecified atom stereocenters. The second-order valence-corrected chi connectivity index (χ2v) is 6.05. The first-order valence-electron chi connectivity index (χ1n) is 8.10. The van der Waals surface area contributed by atoms with E-state index in [0.29, 0.717) is 12.5 Å². The Morgan fingerprint density at radius 2 is 1.87 bits per heavy atom. The molecule has 23 heavy (non-hydrogen) atoms. The van der Waals surface area contributed by atoms with E-state index in [-0.39, 0.29) is 12.5 Å². The quantitative estimate of drug-likeness (QED) is 0.843. The van der Waals surface area contributed by atoms with Crippen LogP contribution in [-0.2, 0) is 11.2 Å². The third kappa shape index (κ3) is 5.44. The summed E-state index contributed by atoms with van der Waals surface area (Å²) in [5, 5.41) is 2.89. The van der Waals surface area contributed by atoms with Gasteiger partial charge in [0.05, 0.1) is 0 Å². The summed E-state index contributed by atoms with van der Waals surface area (Å²) in [6.07, 6.45) is 0.828. The zero-order chi connectivity index (χ0) is 16.7. The van der Waals surface area contributed by atoms with Gasteiger partial charge in [-0.1, -0.05) is 56.3 Å². The average molecular weight is 311 g/mol. The highest BCUT2D eigenvalue weighted by Crippen LogP contribution is 2.24. The van der Waals surface area contributed by atoms with Gasteiger partial charge in [0.25, 0.3) is 5.91 Å². The van der Waals surface area contributed by atoms with E-state index in [2.05, 4.69) is 37.4 Å². The number of hydrogen-bond donors (Lipinski definition) is 1. The van der Waals surface area contributed by atoms with Gasteiger partial charge in [0.2, 0.25) is 0 Å². The topological polar surface area (TPSA) is 38.3 Å². The Labute approximate surface area is 138 Å². The van der Waals surface area contributed by atoms with Crippen LogP contribution >= 0.6 is 0 Å². The molecule has 0 spiro atoms. The number of ether oxygens (including phenoxy) is 1. The Morgan fingerprint density at radius 1 is 1.13 bits per heavy atom. The second kappa shape index (κ2) is 8.37. The van der Waals surface area contributed by atoms with E-state index in [9.17, 15) is 4.79 Å². The molecule has 0 heterocycles. The first kappa shape index (κ1) is 17.1. The molecule has 0 saturated carbocycles. The van der Waals surface area contributed by atoms with E-state index >= 15 is 0 Å². The average Bonchev–Trinajstić information content (AvgIpc) is 2.55. The predicted octanol–water partition coefficient (Wildman–Crippen LogP) is 3.86. The summed E-state index contributed by atoms with van der Waals surface area (Å²) in [5.74, 6) is 1.14.